The van der Waals surface area contributed by atoms with Crippen molar-refractivity contribution in [3.63, 3.8) is 0 Å². The molecule has 13 heavy (non-hydrogen) atoms. The summed E-state index contributed by atoms with van der Waals surface area (Å²) in [5.74, 6) is 1.95. The first-order chi connectivity index (χ1) is 6.24. The molecule has 0 unspecified atom stereocenters. The maximum absolute atomic E-state index is 5.82. The molecule has 0 saturated carbocycles. The Hall–Kier alpha value is -0.340. The van der Waals surface area contributed by atoms with Crippen molar-refractivity contribution >= 4 is 23.4 Å². The van der Waals surface area contributed by atoms with Gasteiger partial charge >= 0.3 is 0 Å². The van der Waals surface area contributed by atoms with E-state index in [9.17, 15) is 0 Å². The molecular weight excluding hydrogens is 204 g/mol. The van der Waals surface area contributed by atoms with Gasteiger partial charge in [0.15, 0.2) is 0 Å². The van der Waals surface area contributed by atoms with E-state index in [1.54, 1.807) is 11.8 Å². The number of hydrogen-bond acceptors (Lipinski definition) is 2. The monoisotopic (exact) mass is 216 g/mol. The fraction of sp³-hybridized carbons (Fsp3) is 0.400. The Labute approximate surface area is 88.4 Å². The van der Waals surface area contributed by atoms with Crippen LogP contribution in [-0.2, 0) is 0 Å². The standard InChI is InChI=1S/C10H13ClOS/c1-8-7-9(11)3-4-10(8)12-5-6-13-2/h3-4,7H,5-6H2,1-2H3. The molecule has 1 nitrogen and oxygen atoms in total. The highest BCUT2D eigenvalue weighted by atomic mass is 35.5. The maximum atomic E-state index is 5.82. The number of ether oxygens (including phenoxy) is 1. The quantitative estimate of drug-likeness (QED) is 0.714. The second-order valence-electron chi connectivity index (χ2n) is 2.75. The molecule has 0 N–H and O–H groups in total. The first-order valence-electron chi connectivity index (χ1n) is 4.12. The van der Waals surface area contributed by atoms with Crippen LogP contribution in [0.4, 0.5) is 0 Å². The predicted molar refractivity (Wildman–Crippen MR) is 60.1 cm³/mol. The van der Waals surface area contributed by atoms with Crippen LogP contribution in [0.2, 0.25) is 5.02 Å². The van der Waals surface area contributed by atoms with Crippen LogP contribution in [-0.4, -0.2) is 18.6 Å². The van der Waals surface area contributed by atoms with Gasteiger partial charge in [0, 0.05) is 10.8 Å². The smallest absolute Gasteiger partial charge is 0.122 e. The van der Waals surface area contributed by atoms with Crippen molar-refractivity contribution in [3.8, 4) is 5.75 Å². The normalized spacial score (nSPS) is 10.1. The molecule has 0 aliphatic rings. The molecule has 0 spiro atoms. The largest absolute Gasteiger partial charge is 0.492 e. The van der Waals surface area contributed by atoms with Gasteiger partial charge in [-0.1, -0.05) is 11.6 Å². The van der Waals surface area contributed by atoms with Gasteiger partial charge in [-0.05, 0) is 36.9 Å². The van der Waals surface area contributed by atoms with Crippen molar-refractivity contribution in [2.24, 2.45) is 0 Å². The van der Waals surface area contributed by atoms with Crippen LogP contribution in [0.15, 0.2) is 18.2 Å². The lowest BCUT2D eigenvalue weighted by atomic mass is 10.2. The molecule has 0 aliphatic carbocycles. The summed E-state index contributed by atoms with van der Waals surface area (Å²) in [7, 11) is 0. The third-order valence-corrected chi connectivity index (χ3v) is 2.49. The highest BCUT2D eigenvalue weighted by Crippen LogP contribution is 2.21. The van der Waals surface area contributed by atoms with Crippen molar-refractivity contribution in [3.05, 3.63) is 28.8 Å². The first kappa shape index (κ1) is 10.7. The van der Waals surface area contributed by atoms with Gasteiger partial charge in [-0.25, -0.2) is 0 Å². The van der Waals surface area contributed by atoms with E-state index < -0.39 is 0 Å². The maximum Gasteiger partial charge on any atom is 0.122 e. The number of hydrogen-bond donors (Lipinski definition) is 0. The molecule has 1 rings (SSSR count). The fourth-order valence-electron chi connectivity index (χ4n) is 1.01. The Kier molecular flexibility index (Phi) is 4.46. The Bertz CT molecular complexity index is 276. The van der Waals surface area contributed by atoms with Crippen molar-refractivity contribution in [2.45, 2.75) is 6.92 Å². The third kappa shape index (κ3) is 3.49. The molecule has 0 bridgehead atoms. The summed E-state index contributed by atoms with van der Waals surface area (Å²) in [6, 6.07) is 5.68. The van der Waals surface area contributed by atoms with Gasteiger partial charge in [-0.15, -0.1) is 0 Å². The number of benzene rings is 1. The predicted octanol–water partition coefficient (Wildman–Crippen LogP) is 3.39. The molecule has 1 aromatic rings. The second-order valence-corrected chi connectivity index (χ2v) is 4.17. The van der Waals surface area contributed by atoms with E-state index in [0.717, 1.165) is 28.7 Å². The van der Waals surface area contributed by atoms with E-state index in [-0.39, 0.29) is 0 Å². The zero-order chi connectivity index (χ0) is 9.68. The minimum Gasteiger partial charge on any atom is -0.492 e. The number of aryl methyl sites for hydroxylation is 1. The molecule has 1 aromatic carbocycles. The van der Waals surface area contributed by atoms with Crippen molar-refractivity contribution in [1.82, 2.24) is 0 Å². The summed E-state index contributed by atoms with van der Waals surface area (Å²) in [6.07, 6.45) is 2.07. The lowest BCUT2D eigenvalue weighted by Crippen LogP contribution is -2.00. The van der Waals surface area contributed by atoms with Crippen LogP contribution >= 0.6 is 23.4 Å². The zero-order valence-electron chi connectivity index (χ0n) is 7.84. The molecule has 0 aromatic heterocycles. The van der Waals surface area contributed by atoms with Gasteiger partial charge in [-0.3, -0.25) is 0 Å². The minimum absolute atomic E-state index is 0.754. The van der Waals surface area contributed by atoms with Crippen LogP contribution in [0, 0.1) is 6.92 Å². The molecule has 3 heteroatoms. The van der Waals surface area contributed by atoms with E-state index in [4.69, 9.17) is 16.3 Å². The molecule has 0 saturated heterocycles. The molecule has 0 amide bonds. The average Bonchev–Trinajstić information content (AvgIpc) is 2.09. The van der Waals surface area contributed by atoms with E-state index in [2.05, 4.69) is 6.26 Å². The number of thioether (sulfide) groups is 1. The first-order valence-corrected chi connectivity index (χ1v) is 5.89. The van der Waals surface area contributed by atoms with Crippen LogP contribution < -0.4 is 4.74 Å². The molecule has 0 radical (unpaired) electrons. The lowest BCUT2D eigenvalue weighted by molar-refractivity contribution is 0.341. The Morgan fingerprint density at radius 3 is 2.85 bits per heavy atom. The highest BCUT2D eigenvalue weighted by molar-refractivity contribution is 7.98. The van der Waals surface area contributed by atoms with Gasteiger partial charge in [-0.2, -0.15) is 11.8 Å². The summed E-state index contributed by atoms with van der Waals surface area (Å²) in [5.41, 5.74) is 1.09. The van der Waals surface area contributed by atoms with Crippen LogP contribution in [0.3, 0.4) is 0 Å². The Balaban J connectivity index is 2.56. The zero-order valence-corrected chi connectivity index (χ0v) is 9.41. The lowest BCUT2D eigenvalue weighted by Gasteiger charge is -2.07. The van der Waals surface area contributed by atoms with Crippen LogP contribution in [0.5, 0.6) is 5.75 Å². The van der Waals surface area contributed by atoms with Gasteiger partial charge in [0.1, 0.15) is 5.75 Å². The minimum atomic E-state index is 0.754. The van der Waals surface area contributed by atoms with Gasteiger partial charge in [0.25, 0.3) is 0 Å². The fourth-order valence-corrected chi connectivity index (χ4v) is 1.49. The molecule has 72 valence electrons. The van der Waals surface area contributed by atoms with Gasteiger partial charge in [0.05, 0.1) is 6.61 Å². The molecule has 0 heterocycles. The molecule has 0 atom stereocenters. The van der Waals surface area contributed by atoms with Gasteiger partial charge in [0.2, 0.25) is 0 Å². The second kappa shape index (κ2) is 5.40. The number of rotatable bonds is 4. The summed E-state index contributed by atoms with van der Waals surface area (Å²) < 4.78 is 5.55. The Morgan fingerprint density at radius 2 is 2.23 bits per heavy atom. The molecular formula is C10H13ClOS. The van der Waals surface area contributed by atoms with Crippen LogP contribution in [0.25, 0.3) is 0 Å². The van der Waals surface area contributed by atoms with Gasteiger partial charge < -0.3 is 4.74 Å². The Morgan fingerprint density at radius 1 is 1.46 bits per heavy atom. The SMILES string of the molecule is CSCCOc1ccc(Cl)cc1C. The number of halogens is 1. The van der Waals surface area contributed by atoms with Crippen LogP contribution in [0.1, 0.15) is 5.56 Å². The van der Waals surface area contributed by atoms with E-state index in [1.807, 2.05) is 25.1 Å². The molecule has 0 fully saturated rings. The summed E-state index contributed by atoms with van der Waals surface area (Å²) in [6.45, 7) is 2.75. The third-order valence-electron chi connectivity index (χ3n) is 1.68. The topological polar surface area (TPSA) is 9.23 Å². The summed E-state index contributed by atoms with van der Waals surface area (Å²) in [5, 5.41) is 0.759. The van der Waals surface area contributed by atoms with E-state index in [0.29, 0.717) is 0 Å². The molecule has 0 aliphatic heterocycles. The van der Waals surface area contributed by atoms with E-state index in [1.165, 1.54) is 0 Å². The van der Waals surface area contributed by atoms with Crippen molar-refractivity contribution in [2.75, 3.05) is 18.6 Å². The average molecular weight is 217 g/mol. The van der Waals surface area contributed by atoms with Crippen molar-refractivity contribution < 1.29 is 4.74 Å². The van der Waals surface area contributed by atoms with E-state index >= 15 is 0 Å². The van der Waals surface area contributed by atoms with Crippen molar-refractivity contribution in [1.29, 1.82) is 0 Å². The summed E-state index contributed by atoms with van der Waals surface area (Å²) in [4.78, 5) is 0. The highest BCUT2D eigenvalue weighted by Gasteiger charge is 1.98. The summed E-state index contributed by atoms with van der Waals surface area (Å²) >= 11 is 7.60.